The molecule has 5 heteroatoms. The molecule has 0 aromatic carbocycles. The molecule has 0 saturated heterocycles. The first-order valence-corrected chi connectivity index (χ1v) is 4.85. The van der Waals surface area contributed by atoms with E-state index in [1.807, 2.05) is 19.9 Å². The molecule has 2 aromatic rings. The van der Waals surface area contributed by atoms with Gasteiger partial charge in [0.1, 0.15) is 11.4 Å². The second-order valence-electron chi connectivity index (χ2n) is 3.37. The fourth-order valence-corrected chi connectivity index (χ4v) is 1.42. The minimum Gasteiger partial charge on any atom is -0.463 e. The molecular formula is C11H12N4O. The SMILES string of the molecule is Cc1nc(N)nc(C)c1N=Cc1ccco1. The van der Waals surface area contributed by atoms with Gasteiger partial charge in [0.25, 0.3) is 0 Å². The van der Waals surface area contributed by atoms with E-state index < -0.39 is 0 Å². The summed E-state index contributed by atoms with van der Waals surface area (Å²) in [6.07, 6.45) is 3.23. The number of nitrogens with zero attached hydrogens (tertiary/aromatic N) is 3. The number of furan rings is 1. The first-order valence-electron chi connectivity index (χ1n) is 4.85. The molecule has 0 amide bonds. The lowest BCUT2D eigenvalue weighted by Gasteiger charge is -2.03. The predicted octanol–water partition coefficient (Wildman–Crippen LogP) is 2.02. The first kappa shape index (κ1) is 10.4. The number of hydrogen-bond acceptors (Lipinski definition) is 5. The van der Waals surface area contributed by atoms with E-state index in [-0.39, 0.29) is 5.95 Å². The Balaban J connectivity index is 2.35. The van der Waals surface area contributed by atoms with E-state index in [4.69, 9.17) is 10.2 Å². The number of rotatable bonds is 2. The van der Waals surface area contributed by atoms with Crippen LogP contribution in [0.1, 0.15) is 17.1 Å². The van der Waals surface area contributed by atoms with Crippen molar-refractivity contribution in [2.75, 3.05) is 5.73 Å². The Kier molecular flexibility index (Phi) is 2.68. The molecule has 0 aliphatic rings. The van der Waals surface area contributed by atoms with Crippen LogP contribution in [0.25, 0.3) is 0 Å². The van der Waals surface area contributed by atoms with Crippen LogP contribution in [0.3, 0.4) is 0 Å². The minimum absolute atomic E-state index is 0.270. The van der Waals surface area contributed by atoms with Gasteiger partial charge < -0.3 is 10.2 Å². The number of aryl methyl sites for hydroxylation is 2. The van der Waals surface area contributed by atoms with Gasteiger partial charge in [-0.1, -0.05) is 0 Å². The second kappa shape index (κ2) is 4.14. The molecule has 2 N–H and O–H groups in total. The molecule has 2 rings (SSSR count). The maximum absolute atomic E-state index is 5.53. The highest BCUT2D eigenvalue weighted by atomic mass is 16.3. The van der Waals surface area contributed by atoms with Crippen molar-refractivity contribution in [3.05, 3.63) is 35.5 Å². The zero-order valence-corrected chi connectivity index (χ0v) is 9.14. The summed E-state index contributed by atoms with van der Waals surface area (Å²) in [4.78, 5) is 12.4. The van der Waals surface area contributed by atoms with Crippen LogP contribution in [0.15, 0.2) is 27.8 Å². The maximum atomic E-state index is 5.53. The quantitative estimate of drug-likeness (QED) is 0.779. The highest BCUT2D eigenvalue weighted by Crippen LogP contribution is 2.20. The number of anilines is 1. The van der Waals surface area contributed by atoms with E-state index in [0.717, 1.165) is 17.1 Å². The average molecular weight is 216 g/mol. The Morgan fingerprint density at radius 2 is 2.00 bits per heavy atom. The highest BCUT2D eigenvalue weighted by Gasteiger charge is 2.04. The maximum Gasteiger partial charge on any atom is 0.220 e. The summed E-state index contributed by atoms with van der Waals surface area (Å²) in [6, 6.07) is 3.63. The van der Waals surface area contributed by atoms with Crippen molar-refractivity contribution < 1.29 is 4.42 Å². The monoisotopic (exact) mass is 216 g/mol. The molecule has 0 spiro atoms. The molecule has 0 unspecified atom stereocenters. The fourth-order valence-electron chi connectivity index (χ4n) is 1.42. The van der Waals surface area contributed by atoms with E-state index in [9.17, 15) is 0 Å². The van der Waals surface area contributed by atoms with E-state index in [2.05, 4.69) is 15.0 Å². The van der Waals surface area contributed by atoms with Crippen molar-refractivity contribution in [1.29, 1.82) is 0 Å². The Morgan fingerprint density at radius 1 is 1.31 bits per heavy atom. The standard InChI is InChI=1S/C11H12N4O/c1-7-10(8(2)15-11(12)14-7)13-6-9-4-3-5-16-9/h3-6H,1-2H3,(H2,12,14,15). The lowest BCUT2D eigenvalue weighted by molar-refractivity contribution is 0.560. The first-order chi connectivity index (χ1) is 7.66. The van der Waals surface area contributed by atoms with Gasteiger partial charge in [0.2, 0.25) is 5.95 Å². The molecule has 0 aliphatic heterocycles. The van der Waals surface area contributed by atoms with Crippen molar-refractivity contribution >= 4 is 17.9 Å². The summed E-state index contributed by atoms with van der Waals surface area (Å²) >= 11 is 0. The topological polar surface area (TPSA) is 77.3 Å². The summed E-state index contributed by atoms with van der Waals surface area (Å²) in [5, 5.41) is 0. The van der Waals surface area contributed by atoms with E-state index in [1.54, 1.807) is 18.5 Å². The number of aliphatic imine (C=N–C) groups is 1. The second-order valence-corrected chi connectivity index (χ2v) is 3.37. The average Bonchev–Trinajstić information content (AvgIpc) is 2.68. The van der Waals surface area contributed by atoms with Gasteiger partial charge in [0.05, 0.1) is 23.9 Å². The minimum atomic E-state index is 0.270. The molecule has 0 saturated carbocycles. The van der Waals surface area contributed by atoms with E-state index in [1.165, 1.54) is 0 Å². The third kappa shape index (κ3) is 2.08. The molecule has 0 fully saturated rings. The lowest BCUT2D eigenvalue weighted by Crippen LogP contribution is -1.99. The van der Waals surface area contributed by atoms with Gasteiger partial charge in [-0.25, -0.2) is 15.0 Å². The molecule has 5 nitrogen and oxygen atoms in total. The fraction of sp³-hybridized carbons (Fsp3) is 0.182. The summed E-state index contributed by atoms with van der Waals surface area (Å²) in [6.45, 7) is 3.69. The predicted molar refractivity (Wildman–Crippen MR) is 61.9 cm³/mol. The third-order valence-corrected chi connectivity index (χ3v) is 2.11. The van der Waals surface area contributed by atoms with Gasteiger partial charge in [-0.2, -0.15) is 0 Å². The summed E-state index contributed by atoms with van der Waals surface area (Å²) in [7, 11) is 0. The summed E-state index contributed by atoms with van der Waals surface area (Å²) < 4.78 is 5.14. The number of nitrogens with two attached hydrogens (primary N) is 1. The Morgan fingerprint density at radius 3 is 2.56 bits per heavy atom. The van der Waals surface area contributed by atoms with Crippen LogP contribution in [0.5, 0.6) is 0 Å². The van der Waals surface area contributed by atoms with Crippen LogP contribution in [0, 0.1) is 13.8 Å². The van der Waals surface area contributed by atoms with Gasteiger partial charge in [0.15, 0.2) is 0 Å². The molecule has 0 bridgehead atoms. The van der Waals surface area contributed by atoms with E-state index in [0.29, 0.717) is 5.76 Å². The van der Waals surface area contributed by atoms with Crippen molar-refractivity contribution in [3.63, 3.8) is 0 Å². The smallest absolute Gasteiger partial charge is 0.220 e. The summed E-state index contributed by atoms with van der Waals surface area (Å²) in [5.41, 5.74) is 7.77. The normalized spacial score (nSPS) is 11.1. The van der Waals surface area contributed by atoms with Crippen molar-refractivity contribution in [1.82, 2.24) is 9.97 Å². The molecule has 2 heterocycles. The van der Waals surface area contributed by atoms with Gasteiger partial charge >= 0.3 is 0 Å². The van der Waals surface area contributed by atoms with Gasteiger partial charge in [-0.15, -0.1) is 0 Å². The molecule has 0 aliphatic carbocycles. The van der Waals surface area contributed by atoms with Crippen LogP contribution < -0.4 is 5.73 Å². The zero-order valence-electron chi connectivity index (χ0n) is 9.14. The van der Waals surface area contributed by atoms with Crippen LogP contribution in [-0.2, 0) is 0 Å². The van der Waals surface area contributed by atoms with Crippen molar-refractivity contribution in [3.8, 4) is 0 Å². The molecule has 82 valence electrons. The van der Waals surface area contributed by atoms with Crippen molar-refractivity contribution in [2.24, 2.45) is 4.99 Å². The third-order valence-electron chi connectivity index (χ3n) is 2.11. The Labute approximate surface area is 93.1 Å². The molecule has 0 atom stereocenters. The van der Waals surface area contributed by atoms with Gasteiger partial charge in [-0.05, 0) is 26.0 Å². The molecule has 0 radical (unpaired) electrons. The largest absolute Gasteiger partial charge is 0.463 e. The Hall–Kier alpha value is -2.17. The molecule has 16 heavy (non-hydrogen) atoms. The number of hydrogen-bond donors (Lipinski definition) is 1. The number of aromatic nitrogens is 2. The molecule has 2 aromatic heterocycles. The lowest BCUT2D eigenvalue weighted by atomic mass is 10.3. The zero-order chi connectivity index (χ0) is 11.5. The van der Waals surface area contributed by atoms with Crippen LogP contribution in [-0.4, -0.2) is 16.2 Å². The van der Waals surface area contributed by atoms with Crippen LogP contribution in [0.2, 0.25) is 0 Å². The van der Waals surface area contributed by atoms with Gasteiger partial charge in [0, 0.05) is 0 Å². The van der Waals surface area contributed by atoms with Crippen LogP contribution in [0.4, 0.5) is 11.6 Å². The highest BCUT2D eigenvalue weighted by molar-refractivity contribution is 5.79. The van der Waals surface area contributed by atoms with E-state index >= 15 is 0 Å². The number of nitrogen functional groups attached to an aromatic ring is 1. The van der Waals surface area contributed by atoms with Gasteiger partial charge in [-0.3, -0.25) is 0 Å². The Bertz CT molecular complexity index is 494. The molecular weight excluding hydrogens is 204 g/mol. The summed E-state index contributed by atoms with van der Waals surface area (Å²) in [5.74, 6) is 0.961. The van der Waals surface area contributed by atoms with Crippen LogP contribution >= 0.6 is 0 Å². The van der Waals surface area contributed by atoms with Crippen molar-refractivity contribution in [2.45, 2.75) is 13.8 Å².